The summed E-state index contributed by atoms with van der Waals surface area (Å²) in [7, 11) is 0. The molecule has 2 aliphatic heterocycles. The van der Waals surface area contributed by atoms with E-state index >= 15 is 0 Å². The van der Waals surface area contributed by atoms with E-state index in [9.17, 15) is 14.4 Å². The van der Waals surface area contributed by atoms with Crippen LogP contribution in [-0.4, -0.2) is 61.3 Å². The summed E-state index contributed by atoms with van der Waals surface area (Å²) < 4.78 is 5.73. The van der Waals surface area contributed by atoms with Gasteiger partial charge in [-0.3, -0.25) is 19.3 Å². The predicted molar refractivity (Wildman–Crippen MR) is 128 cm³/mol. The van der Waals surface area contributed by atoms with Gasteiger partial charge >= 0.3 is 0 Å². The van der Waals surface area contributed by atoms with Crippen molar-refractivity contribution in [2.75, 3.05) is 42.5 Å². The fourth-order valence-electron chi connectivity index (χ4n) is 4.39. The van der Waals surface area contributed by atoms with Crippen LogP contribution in [0.3, 0.4) is 0 Å². The van der Waals surface area contributed by atoms with E-state index in [1.807, 2.05) is 17.9 Å². The van der Waals surface area contributed by atoms with Crippen LogP contribution in [0.2, 0.25) is 0 Å². The lowest BCUT2D eigenvalue weighted by Gasteiger charge is -2.38. The summed E-state index contributed by atoms with van der Waals surface area (Å²) in [6.45, 7) is 8.33. The number of hydrogen-bond donors (Lipinski definition) is 0. The highest BCUT2D eigenvalue weighted by atomic mass is 16.5. The number of anilines is 2. The second kappa shape index (κ2) is 9.65. The first-order chi connectivity index (χ1) is 15.9. The number of hydrogen-bond acceptors (Lipinski definition) is 5. The molecular formula is C26H31N3O4. The van der Waals surface area contributed by atoms with Crippen molar-refractivity contribution in [2.45, 2.75) is 39.7 Å². The first kappa shape index (κ1) is 22.8. The van der Waals surface area contributed by atoms with Crippen LogP contribution in [-0.2, 0) is 9.59 Å². The lowest BCUT2D eigenvalue weighted by molar-refractivity contribution is -0.133. The van der Waals surface area contributed by atoms with Crippen molar-refractivity contribution in [3.05, 3.63) is 53.6 Å². The summed E-state index contributed by atoms with van der Waals surface area (Å²) in [6, 6.07) is 13.5. The third-order valence-electron chi connectivity index (χ3n) is 6.26. The molecule has 2 heterocycles. The molecule has 0 radical (unpaired) electrons. The Morgan fingerprint density at radius 2 is 1.82 bits per heavy atom. The Balaban J connectivity index is 1.47. The van der Waals surface area contributed by atoms with E-state index in [1.54, 1.807) is 25.1 Å². The number of benzene rings is 2. The van der Waals surface area contributed by atoms with E-state index in [2.05, 4.69) is 30.0 Å². The van der Waals surface area contributed by atoms with Gasteiger partial charge in [-0.1, -0.05) is 19.1 Å². The Morgan fingerprint density at radius 3 is 2.52 bits per heavy atom. The minimum absolute atomic E-state index is 0.0184. The molecule has 1 fully saturated rings. The maximum absolute atomic E-state index is 13.2. The zero-order valence-electron chi connectivity index (χ0n) is 19.5. The lowest BCUT2D eigenvalue weighted by atomic mass is 10.0. The molecule has 1 unspecified atom stereocenters. The number of Topliss-reactive ketones (excluding diaryl/α,β-unsaturated/α-hetero) is 1. The lowest BCUT2D eigenvalue weighted by Crippen LogP contribution is -2.54. The maximum atomic E-state index is 13.2. The van der Waals surface area contributed by atoms with Crippen LogP contribution in [0.25, 0.3) is 0 Å². The van der Waals surface area contributed by atoms with E-state index < -0.39 is 6.10 Å². The van der Waals surface area contributed by atoms with Crippen LogP contribution in [0.5, 0.6) is 5.75 Å². The van der Waals surface area contributed by atoms with Crippen molar-refractivity contribution in [3.8, 4) is 5.75 Å². The number of fused-ring (bicyclic) bond motifs is 1. The summed E-state index contributed by atoms with van der Waals surface area (Å²) in [6.07, 6.45) is 0.508. The van der Waals surface area contributed by atoms with Gasteiger partial charge in [0.2, 0.25) is 5.91 Å². The van der Waals surface area contributed by atoms with Gasteiger partial charge in [0.1, 0.15) is 12.3 Å². The first-order valence-corrected chi connectivity index (χ1v) is 11.6. The number of ether oxygens (including phenoxy) is 1. The second-order valence-corrected chi connectivity index (χ2v) is 8.75. The largest absolute Gasteiger partial charge is 0.479 e. The molecule has 0 aromatic heterocycles. The van der Waals surface area contributed by atoms with E-state index in [4.69, 9.17) is 4.74 Å². The Morgan fingerprint density at radius 1 is 1.06 bits per heavy atom. The van der Waals surface area contributed by atoms with E-state index in [1.165, 1.54) is 10.5 Å². The number of ketones is 1. The molecule has 2 aromatic carbocycles. The van der Waals surface area contributed by atoms with Gasteiger partial charge in [0.25, 0.3) is 5.91 Å². The summed E-state index contributed by atoms with van der Waals surface area (Å²) >= 11 is 0. The van der Waals surface area contributed by atoms with Gasteiger partial charge in [0, 0.05) is 43.9 Å². The number of aryl methyl sites for hydroxylation is 1. The number of carbonyl (C=O) groups excluding carboxylic acids is 3. The average molecular weight is 450 g/mol. The molecule has 1 atom stereocenters. The fraction of sp³-hybridized carbons (Fsp3) is 0.423. The first-order valence-electron chi connectivity index (χ1n) is 11.6. The number of rotatable bonds is 6. The summed E-state index contributed by atoms with van der Waals surface area (Å²) in [5.41, 5.74) is 3.40. The van der Waals surface area contributed by atoms with Crippen LogP contribution >= 0.6 is 0 Å². The molecule has 2 aromatic rings. The quantitative estimate of drug-likeness (QED) is 0.632. The zero-order chi connectivity index (χ0) is 23.5. The molecule has 1 saturated heterocycles. The molecule has 0 saturated carbocycles. The zero-order valence-corrected chi connectivity index (χ0v) is 19.5. The Bertz CT molecular complexity index is 1060. The molecule has 0 N–H and O–H groups in total. The van der Waals surface area contributed by atoms with Gasteiger partial charge in [0.05, 0.1) is 5.69 Å². The van der Waals surface area contributed by atoms with E-state index in [0.29, 0.717) is 36.5 Å². The SMILES string of the molecule is CCCC(=O)c1ccc2c(c1)N(CC(=O)N1CCN(c3cccc(C)c3)CC1)C(=O)C(C)O2. The molecule has 2 amide bonds. The van der Waals surface area contributed by atoms with Crippen molar-refractivity contribution in [1.29, 1.82) is 0 Å². The predicted octanol–water partition coefficient (Wildman–Crippen LogP) is 3.44. The third kappa shape index (κ3) is 4.87. The van der Waals surface area contributed by atoms with Gasteiger partial charge < -0.3 is 14.5 Å². The van der Waals surface area contributed by atoms with Crippen molar-refractivity contribution in [1.82, 2.24) is 4.90 Å². The van der Waals surface area contributed by atoms with Crippen LogP contribution in [0, 0.1) is 6.92 Å². The van der Waals surface area contributed by atoms with Gasteiger partial charge in [-0.2, -0.15) is 0 Å². The number of nitrogens with zero attached hydrogens (tertiary/aromatic N) is 3. The highest BCUT2D eigenvalue weighted by Crippen LogP contribution is 2.35. The Kier molecular flexibility index (Phi) is 6.67. The van der Waals surface area contributed by atoms with Gasteiger partial charge in [-0.25, -0.2) is 0 Å². The number of piperazine rings is 1. The molecular weight excluding hydrogens is 418 g/mol. The van der Waals surface area contributed by atoms with Crippen molar-refractivity contribution in [2.24, 2.45) is 0 Å². The molecule has 7 nitrogen and oxygen atoms in total. The third-order valence-corrected chi connectivity index (χ3v) is 6.26. The van der Waals surface area contributed by atoms with Crippen LogP contribution in [0.4, 0.5) is 11.4 Å². The Labute approximate surface area is 194 Å². The van der Waals surface area contributed by atoms with E-state index in [-0.39, 0.29) is 24.1 Å². The van der Waals surface area contributed by atoms with Crippen LogP contribution in [0.1, 0.15) is 42.6 Å². The second-order valence-electron chi connectivity index (χ2n) is 8.75. The molecule has 0 aliphatic carbocycles. The highest BCUT2D eigenvalue weighted by molar-refractivity contribution is 6.05. The Hall–Kier alpha value is -3.35. The van der Waals surface area contributed by atoms with Crippen molar-refractivity contribution < 1.29 is 19.1 Å². The average Bonchev–Trinajstić information content (AvgIpc) is 2.82. The summed E-state index contributed by atoms with van der Waals surface area (Å²) in [5.74, 6) is 0.170. The molecule has 33 heavy (non-hydrogen) atoms. The molecule has 4 rings (SSSR count). The maximum Gasteiger partial charge on any atom is 0.268 e. The molecule has 7 heteroatoms. The smallest absolute Gasteiger partial charge is 0.268 e. The monoisotopic (exact) mass is 449 g/mol. The minimum Gasteiger partial charge on any atom is -0.479 e. The fourth-order valence-corrected chi connectivity index (χ4v) is 4.39. The van der Waals surface area contributed by atoms with Crippen molar-refractivity contribution in [3.63, 3.8) is 0 Å². The standard InChI is InChI=1S/C26H31N3O4/c1-4-6-23(30)20-9-10-24-22(16-20)29(26(32)19(3)33-24)17-25(31)28-13-11-27(12-14-28)21-8-5-7-18(2)15-21/h5,7-10,15-16,19H,4,6,11-14,17H2,1-3H3. The molecule has 174 valence electrons. The number of carbonyl (C=O) groups is 3. The molecule has 0 spiro atoms. The minimum atomic E-state index is -0.680. The topological polar surface area (TPSA) is 70.2 Å². The number of amides is 2. The van der Waals surface area contributed by atoms with Gasteiger partial charge in [0.15, 0.2) is 11.9 Å². The summed E-state index contributed by atoms with van der Waals surface area (Å²) in [4.78, 5) is 44.0. The molecule has 2 aliphatic rings. The van der Waals surface area contributed by atoms with Gasteiger partial charge in [-0.05, 0) is 56.2 Å². The highest BCUT2D eigenvalue weighted by Gasteiger charge is 2.34. The van der Waals surface area contributed by atoms with Crippen LogP contribution in [0.15, 0.2) is 42.5 Å². The van der Waals surface area contributed by atoms with Crippen LogP contribution < -0.4 is 14.5 Å². The summed E-state index contributed by atoms with van der Waals surface area (Å²) in [5, 5.41) is 0. The van der Waals surface area contributed by atoms with E-state index in [0.717, 1.165) is 25.2 Å². The van der Waals surface area contributed by atoms with Gasteiger partial charge in [-0.15, -0.1) is 0 Å². The normalized spacial score (nSPS) is 18.1. The van der Waals surface area contributed by atoms with Crippen molar-refractivity contribution >= 4 is 29.0 Å². The molecule has 0 bridgehead atoms.